The number of nitrogens with two attached hydrogens (primary N) is 1. The molecule has 4 heteroatoms. The molecule has 0 saturated carbocycles. The second kappa shape index (κ2) is 4.27. The Balaban J connectivity index is 1.84. The van der Waals surface area contributed by atoms with Gasteiger partial charge in [-0.05, 0) is 30.5 Å². The monoisotopic (exact) mass is 236 g/mol. The Hall–Kier alpha value is -1.13. The SMILES string of the molecule is NCc1ccc(N2CC3CCC(C2)O3)c(F)c1. The van der Waals surface area contributed by atoms with E-state index in [0.29, 0.717) is 12.2 Å². The molecule has 3 rings (SSSR count). The molecule has 0 aromatic heterocycles. The molecule has 2 aliphatic heterocycles. The summed E-state index contributed by atoms with van der Waals surface area (Å²) in [4.78, 5) is 2.10. The molecule has 2 heterocycles. The van der Waals surface area contributed by atoms with Crippen LogP contribution in [-0.2, 0) is 11.3 Å². The molecule has 1 aromatic carbocycles. The summed E-state index contributed by atoms with van der Waals surface area (Å²) in [6, 6.07) is 5.27. The van der Waals surface area contributed by atoms with Crippen LogP contribution in [0.5, 0.6) is 0 Å². The van der Waals surface area contributed by atoms with Crippen LogP contribution in [0.2, 0.25) is 0 Å². The number of morpholine rings is 1. The van der Waals surface area contributed by atoms with Gasteiger partial charge in [0.1, 0.15) is 5.82 Å². The highest BCUT2D eigenvalue weighted by molar-refractivity contribution is 5.50. The molecule has 2 atom stereocenters. The molecule has 17 heavy (non-hydrogen) atoms. The van der Waals surface area contributed by atoms with Crippen molar-refractivity contribution < 1.29 is 9.13 Å². The molecule has 2 aliphatic rings. The predicted octanol–water partition coefficient (Wildman–Crippen LogP) is 1.65. The second-order valence-electron chi connectivity index (χ2n) is 4.85. The van der Waals surface area contributed by atoms with Crippen molar-refractivity contribution in [3.63, 3.8) is 0 Å². The summed E-state index contributed by atoms with van der Waals surface area (Å²) in [6.45, 7) is 1.98. The van der Waals surface area contributed by atoms with Crippen molar-refractivity contribution in [3.05, 3.63) is 29.6 Å². The zero-order chi connectivity index (χ0) is 11.8. The molecule has 92 valence electrons. The number of hydrogen-bond donors (Lipinski definition) is 1. The van der Waals surface area contributed by atoms with Crippen LogP contribution in [0.25, 0.3) is 0 Å². The van der Waals surface area contributed by atoms with Gasteiger partial charge in [0.2, 0.25) is 0 Å². The Labute approximate surface area is 100 Å². The highest BCUT2D eigenvalue weighted by Crippen LogP contribution is 2.31. The third-order valence-corrected chi connectivity index (χ3v) is 3.63. The molecule has 0 aliphatic carbocycles. The maximum atomic E-state index is 14.0. The van der Waals surface area contributed by atoms with Gasteiger partial charge in [-0.3, -0.25) is 0 Å². The average Bonchev–Trinajstić information content (AvgIpc) is 2.68. The van der Waals surface area contributed by atoms with Crippen LogP contribution in [0.15, 0.2) is 18.2 Å². The minimum absolute atomic E-state index is 0.172. The highest BCUT2D eigenvalue weighted by atomic mass is 19.1. The molecule has 0 amide bonds. The Bertz CT molecular complexity index is 412. The van der Waals surface area contributed by atoms with Gasteiger partial charge in [0, 0.05) is 19.6 Å². The first-order valence-electron chi connectivity index (χ1n) is 6.15. The lowest BCUT2D eigenvalue weighted by Crippen LogP contribution is -2.43. The topological polar surface area (TPSA) is 38.5 Å². The molecular formula is C13H17FN2O. The summed E-state index contributed by atoms with van der Waals surface area (Å²) in [7, 11) is 0. The van der Waals surface area contributed by atoms with Crippen molar-refractivity contribution in [1.82, 2.24) is 0 Å². The molecule has 2 saturated heterocycles. The van der Waals surface area contributed by atoms with Gasteiger partial charge in [0.25, 0.3) is 0 Å². The normalized spacial score (nSPS) is 27.5. The van der Waals surface area contributed by atoms with Crippen molar-refractivity contribution in [2.45, 2.75) is 31.6 Å². The van der Waals surface area contributed by atoms with Crippen molar-refractivity contribution >= 4 is 5.69 Å². The zero-order valence-corrected chi connectivity index (χ0v) is 9.73. The van der Waals surface area contributed by atoms with E-state index in [1.165, 1.54) is 6.07 Å². The summed E-state index contributed by atoms with van der Waals surface area (Å²) >= 11 is 0. The van der Waals surface area contributed by atoms with Gasteiger partial charge in [0.15, 0.2) is 0 Å². The number of fused-ring (bicyclic) bond motifs is 2. The van der Waals surface area contributed by atoms with Gasteiger partial charge >= 0.3 is 0 Å². The minimum atomic E-state index is -0.172. The van der Waals surface area contributed by atoms with Crippen LogP contribution < -0.4 is 10.6 Å². The van der Waals surface area contributed by atoms with Crippen LogP contribution in [0.4, 0.5) is 10.1 Å². The third-order valence-electron chi connectivity index (χ3n) is 3.63. The Kier molecular flexibility index (Phi) is 2.76. The number of nitrogens with zero attached hydrogens (tertiary/aromatic N) is 1. The van der Waals surface area contributed by atoms with Crippen LogP contribution >= 0.6 is 0 Å². The van der Waals surface area contributed by atoms with Crippen molar-refractivity contribution in [1.29, 1.82) is 0 Å². The number of benzene rings is 1. The van der Waals surface area contributed by atoms with E-state index in [-0.39, 0.29) is 18.0 Å². The fraction of sp³-hybridized carbons (Fsp3) is 0.538. The van der Waals surface area contributed by atoms with E-state index in [4.69, 9.17) is 10.5 Å². The summed E-state index contributed by atoms with van der Waals surface area (Å²) in [6.07, 6.45) is 2.76. The van der Waals surface area contributed by atoms with E-state index < -0.39 is 0 Å². The summed E-state index contributed by atoms with van der Waals surface area (Å²) in [5, 5.41) is 0. The number of anilines is 1. The molecule has 3 nitrogen and oxygen atoms in total. The van der Waals surface area contributed by atoms with Gasteiger partial charge in [0.05, 0.1) is 17.9 Å². The van der Waals surface area contributed by atoms with Crippen LogP contribution in [-0.4, -0.2) is 25.3 Å². The zero-order valence-electron chi connectivity index (χ0n) is 9.73. The first-order chi connectivity index (χ1) is 8.26. The largest absolute Gasteiger partial charge is 0.371 e. The van der Waals surface area contributed by atoms with Crippen molar-refractivity contribution in [3.8, 4) is 0 Å². The average molecular weight is 236 g/mol. The summed E-state index contributed by atoms with van der Waals surface area (Å²) in [5.74, 6) is -0.172. The van der Waals surface area contributed by atoms with E-state index in [0.717, 1.165) is 31.5 Å². The fourth-order valence-electron chi connectivity index (χ4n) is 2.75. The summed E-state index contributed by atoms with van der Waals surface area (Å²) < 4.78 is 19.7. The maximum absolute atomic E-state index is 14.0. The minimum Gasteiger partial charge on any atom is -0.371 e. The quantitative estimate of drug-likeness (QED) is 0.848. The lowest BCUT2D eigenvalue weighted by molar-refractivity contribution is 0.0303. The van der Waals surface area contributed by atoms with Gasteiger partial charge < -0.3 is 15.4 Å². The van der Waals surface area contributed by atoms with Crippen LogP contribution in [0, 0.1) is 5.82 Å². The predicted molar refractivity (Wildman–Crippen MR) is 64.4 cm³/mol. The van der Waals surface area contributed by atoms with Crippen molar-refractivity contribution in [2.75, 3.05) is 18.0 Å². The van der Waals surface area contributed by atoms with Gasteiger partial charge in [-0.15, -0.1) is 0 Å². The molecule has 1 aromatic rings. The number of rotatable bonds is 2. The highest BCUT2D eigenvalue weighted by Gasteiger charge is 2.34. The molecule has 2 fully saturated rings. The van der Waals surface area contributed by atoms with Gasteiger partial charge in [-0.25, -0.2) is 4.39 Å². The van der Waals surface area contributed by atoms with E-state index in [9.17, 15) is 4.39 Å². The Morgan fingerprint density at radius 1 is 1.29 bits per heavy atom. The van der Waals surface area contributed by atoms with E-state index >= 15 is 0 Å². The van der Waals surface area contributed by atoms with Crippen LogP contribution in [0.3, 0.4) is 0 Å². The first-order valence-corrected chi connectivity index (χ1v) is 6.15. The molecule has 2 bridgehead atoms. The maximum Gasteiger partial charge on any atom is 0.146 e. The number of hydrogen-bond acceptors (Lipinski definition) is 3. The molecule has 2 unspecified atom stereocenters. The number of ether oxygens (including phenoxy) is 1. The van der Waals surface area contributed by atoms with Crippen molar-refractivity contribution in [2.24, 2.45) is 5.73 Å². The van der Waals surface area contributed by atoms with Gasteiger partial charge in [-0.1, -0.05) is 6.07 Å². The lowest BCUT2D eigenvalue weighted by Gasteiger charge is -2.34. The Morgan fingerprint density at radius 2 is 2.00 bits per heavy atom. The smallest absolute Gasteiger partial charge is 0.146 e. The van der Waals surface area contributed by atoms with Gasteiger partial charge in [-0.2, -0.15) is 0 Å². The molecule has 0 spiro atoms. The summed E-state index contributed by atoms with van der Waals surface area (Å²) in [5.41, 5.74) is 7.02. The third kappa shape index (κ3) is 2.03. The molecule has 0 radical (unpaired) electrons. The second-order valence-corrected chi connectivity index (χ2v) is 4.85. The fourth-order valence-corrected chi connectivity index (χ4v) is 2.75. The standard InChI is InChI=1S/C13H17FN2O/c14-12-5-9(6-15)1-4-13(12)16-7-10-2-3-11(8-16)17-10/h1,4-5,10-11H,2-3,6-8,15H2. The van der Waals surface area contributed by atoms with Crippen LogP contribution in [0.1, 0.15) is 18.4 Å². The van der Waals surface area contributed by atoms with E-state index in [1.54, 1.807) is 0 Å². The molecular weight excluding hydrogens is 219 g/mol. The van der Waals surface area contributed by atoms with E-state index in [1.807, 2.05) is 12.1 Å². The number of halogens is 1. The first kappa shape index (κ1) is 11.0. The molecule has 2 N–H and O–H groups in total. The Morgan fingerprint density at radius 3 is 2.59 bits per heavy atom. The van der Waals surface area contributed by atoms with E-state index in [2.05, 4.69) is 4.90 Å². The lowest BCUT2D eigenvalue weighted by atomic mass is 10.1.